The van der Waals surface area contributed by atoms with Gasteiger partial charge in [-0.25, -0.2) is 0 Å². The summed E-state index contributed by atoms with van der Waals surface area (Å²) in [5.74, 6) is -0.464. The molecule has 2 atom stereocenters. The van der Waals surface area contributed by atoms with Crippen molar-refractivity contribution in [2.45, 2.75) is 58.7 Å². The van der Waals surface area contributed by atoms with Crippen molar-refractivity contribution < 1.29 is 14.6 Å². The molecule has 0 aromatic heterocycles. The van der Waals surface area contributed by atoms with Crippen LogP contribution in [0.15, 0.2) is 0 Å². The summed E-state index contributed by atoms with van der Waals surface area (Å²) in [5, 5.41) is 9.54. The van der Waals surface area contributed by atoms with E-state index in [1.54, 1.807) is 0 Å². The topological polar surface area (TPSA) is 49.8 Å². The predicted octanol–water partition coefficient (Wildman–Crippen LogP) is 2.38. The first-order valence-corrected chi connectivity index (χ1v) is 7.39. The second-order valence-corrected chi connectivity index (χ2v) is 7.14. The van der Waals surface area contributed by atoms with Crippen molar-refractivity contribution in [2.75, 3.05) is 19.6 Å². The van der Waals surface area contributed by atoms with E-state index >= 15 is 0 Å². The smallest absolute Gasteiger partial charge is 0.311 e. The van der Waals surface area contributed by atoms with E-state index < -0.39 is 11.4 Å². The lowest BCUT2D eigenvalue weighted by molar-refractivity contribution is -0.151. The number of nitrogens with zero attached hydrogens (tertiary/aromatic N) is 1. The maximum Gasteiger partial charge on any atom is 0.311 e. The number of likely N-dealkylation sites (tertiary alicyclic amines) is 1. The van der Waals surface area contributed by atoms with Gasteiger partial charge in [0.1, 0.15) is 0 Å². The fraction of sp³-hybridized carbons (Fsp3) is 0.933. The number of aliphatic carboxylic acids is 1. The summed E-state index contributed by atoms with van der Waals surface area (Å²) in [6, 6.07) is 0. The lowest BCUT2D eigenvalue weighted by Crippen LogP contribution is -2.40. The standard InChI is InChI=1S/C15H27NO3/c1-11(2)15(13(17)18)7-8-16(10-15)9-12-5-6-14(3,4)19-12/h11-12H,5-10H2,1-4H3,(H,17,18). The Hall–Kier alpha value is -0.610. The van der Waals surface area contributed by atoms with Gasteiger partial charge in [-0.1, -0.05) is 13.8 Å². The highest BCUT2D eigenvalue weighted by Gasteiger charge is 2.47. The van der Waals surface area contributed by atoms with Gasteiger partial charge in [0.2, 0.25) is 0 Å². The molecule has 2 fully saturated rings. The van der Waals surface area contributed by atoms with Gasteiger partial charge in [-0.3, -0.25) is 9.69 Å². The van der Waals surface area contributed by atoms with Gasteiger partial charge in [0, 0.05) is 13.1 Å². The molecule has 2 aliphatic heterocycles. The fourth-order valence-corrected chi connectivity index (χ4v) is 3.46. The molecule has 0 radical (unpaired) electrons. The summed E-state index contributed by atoms with van der Waals surface area (Å²) in [7, 11) is 0. The molecule has 1 N–H and O–H groups in total. The lowest BCUT2D eigenvalue weighted by Gasteiger charge is -2.29. The monoisotopic (exact) mass is 269 g/mol. The quantitative estimate of drug-likeness (QED) is 0.851. The van der Waals surface area contributed by atoms with Crippen molar-refractivity contribution in [2.24, 2.45) is 11.3 Å². The molecule has 2 saturated heterocycles. The van der Waals surface area contributed by atoms with Crippen molar-refractivity contribution in [1.82, 2.24) is 4.90 Å². The molecule has 4 nitrogen and oxygen atoms in total. The van der Waals surface area contributed by atoms with Crippen LogP contribution in [-0.2, 0) is 9.53 Å². The molecule has 0 bridgehead atoms. The molecule has 19 heavy (non-hydrogen) atoms. The third-order valence-electron chi connectivity index (χ3n) is 4.93. The molecule has 0 aromatic carbocycles. The van der Waals surface area contributed by atoms with Crippen LogP contribution in [0.5, 0.6) is 0 Å². The van der Waals surface area contributed by atoms with E-state index in [0.717, 1.165) is 32.4 Å². The number of hydrogen-bond donors (Lipinski definition) is 1. The molecule has 0 aliphatic carbocycles. The van der Waals surface area contributed by atoms with E-state index in [9.17, 15) is 9.90 Å². The summed E-state index contributed by atoms with van der Waals surface area (Å²) in [5.41, 5.74) is -0.569. The van der Waals surface area contributed by atoms with Gasteiger partial charge in [-0.2, -0.15) is 0 Å². The van der Waals surface area contributed by atoms with Gasteiger partial charge in [-0.05, 0) is 45.6 Å². The van der Waals surface area contributed by atoms with Crippen LogP contribution in [0.2, 0.25) is 0 Å². The molecule has 2 aliphatic rings. The largest absolute Gasteiger partial charge is 0.481 e. The minimum absolute atomic E-state index is 0.00761. The van der Waals surface area contributed by atoms with Crippen LogP contribution in [0, 0.1) is 11.3 Å². The van der Waals surface area contributed by atoms with Gasteiger partial charge >= 0.3 is 5.97 Å². The van der Waals surface area contributed by atoms with E-state index in [1.807, 2.05) is 13.8 Å². The SMILES string of the molecule is CC(C)C1(C(=O)O)CCN(CC2CCC(C)(C)O2)C1. The second kappa shape index (κ2) is 5.06. The van der Waals surface area contributed by atoms with Crippen LogP contribution >= 0.6 is 0 Å². The van der Waals surface area contributed by atoms with Gasteiger partial charge < -0.3 is 9.84 Å². The number of carbonyl (C=O) groups is 1. The first kappa shape index (κ1) is 14.8. The summed E-state index contributed by atoms with van der Waals surface area (Å²) in [6.07, 6.45) is 3.22. The van der Waals surface area contributed by atoms with Gasteiger partial charge in [0.25, 0.3) is 0 Å². The average Bonchev–Trinajstić information content (AvgIpc) is 2.84. The number of hydrogen-bond acceptors (Lipinski definition) is 3. The Morgan fingerprint density at radius 2 is 2.11 bits per heavy atom. The Balaban J connectivity index is 1.93. The van der Waals surface area contributed by atoms with Crippen molar-refractivity contribution in [3.8, 4) is 0 Å². The normalized spacial score (nSPS) is 35.1. The average molecular weight is 269 g/mol. The fourth-order valence-electron chi connectivity index (χ4n) is 3.46. The van der Waals surface area contributed by atoms with Crippen LogP contribution < -0.4 is 0 Å². The van der Waals surface area contributed by atoms with Crippen molar-refractivity contribution in [3.63, 3.8) is 0 Å². The highest BCUT2D eigenvalue weighted by molar-refractivity contribution is 5.75. The zero-order chi connectivity index (χ0) is 14.3. The Labute approximate surface area is 116 Å². The molecule has 0 aromatic rings. The molecule has 2 heterocycles. The minimum atomic E-state index is -0.641. The molecule has 110 valence electrons. The second-order valence-electron chi connectivity index (χ2n) is 7.14. The molecule has 0 spiro atoms. The first-order valence-electron chi connectivity index (χ1n) is 7.39. The zero-order valence-electron chi connectivity index (χ0n) is 12.6. The van der Waals surface area contributed by atoms with Crippen molar-refractivity contribution >= 4 is 5.97 Å². The first-order chi connectivity index (χ1) is 8.75. The summed E-state index contributed by atoms with van der Waals surface area (Å²) in [6.45, 7) is 10.7. The van der Waals surface area contributed by atoms with Crippen LogP contribution in [-0.4, -0.2) is 47.3 Å². The summed E-state index contributed by atoms with van der Waals surface area (Å²) < 4.78 is 6.01. The Kier molecular flexibility index (Phi) is 3.94. The van der Waals surface area contributed by atoms with Crippen LogP contribution in [0.4, 0.5) is 0 Å². The molecule has 0 amide bonds. The Bertz CT molecular complexity index is 353. The van der Waals surface area contributed by atoms with Gasteiger partial charge in [0.05, 0.1) is 17.1 Å². The Morgan fingerprint density at radius 1 is 1.42 bits per heavy atom. The third-order valence-corrected chi connectivity index (χ3v) is 4.93. The maximum absolute atomic E-state index is 11.6. The number of carboxylic acid groups (broad SMARTS) is 1. The minimum Gasteiger partial charge on any atom is -0.481 e. The predicted molar refractivity (Wildman–Crippen MR) is 74.1 cm³/mol. The van der Waals surface area contributed by atoms with Crippen LogP contribution in [0.25, 0.3) is 0 Å². The molecule has 0 saturated carbocycles. The summed E-state index contributed by atoms with van der Waals surface area (Å²) >= 11 is 0. The van der Waals surface area contributed by atoms with E-state index in [1.165, 1.54) is 0 Å². The molecule has 2 unspecified atom stereocenters. The zero-order valence-corrected chi connectivity index (χ0v) is 12.6. The molecular weight excluding hydrogens is 242 g/mol. The van der Waals surface area contributed by atoms with Crippen molar-refractivity contribution in [3.05, 3.63) is 0 Å². The van der Waals surface area contributed by atoms with E-state index in [4.69, 9.17) is 4.74 Å². The highest BCUT2D eigenvalue weighted by Crippen LogP contribution is 2.39. The van der Waals surface area contributed by atoms with E-state index in [0.29, 0.717) is 6.54 Å². The number of carboxylic acids is 1. The van der Waals surface area contributed by atoms with Gasteiger partial charge in [0.15, 0.2) is 0 Å². The molecule has 2 rings (SSSR count). The van der Waals surface area contributed by atoms with Crippen LogP contribution in [0.3, 0.4) is 0 Å². The number of rotatable bonds is 4. The summed E-state index contributed by atoms with van der Waals surface area (Å²) in [4.78, 5) is 13.9. The van der Waals surface area contributed by atoms with E-state index in [2.05, 4.69) is 18.7 Å². The van der Waals surface area contributed by atoms with E-state index in [-0.39, 0.29) is 17.6 Å². The molecular formula is C15H27NO3. The third kappa shape index (κ3) is 2.95. The lowest BCUT2D eigenvalue weighted by atomic mass is 9.76. The van der Waals surface area contributed by atoms with Crippen molar-refractivity contribution in [1.29, 1.82) is 0 Å². The maximum atomic E-state index is 11.6. The highest BCUT2D eigenvalue weighted by atomic mass is 16.5. The molecule has 4 heteroatoms. The Morgan fingerprint density at radius 3 is 2.53 bits per heavy atom. The van der Waals surface area contributed by atoms with Crippen LogP contribution in [0.1, 0.15) is 47.0 Å². The number of ether oxygens (including phenoxy) is 1. The van der Waals surface area contributed by atoms with Gasteiger partial charge in [-0.15, -0.1) is 0 Å².